The average Bonchev–Trinajstić information content (AvgIpc) is 2.89. The van der Waals surface area contributed by atoms with Gasteiger partial charge in [-0.1, -0.05) is 13.8 Å². The fraction of sp³-hybridized carbons (Fsp3) is 1.00. The van der Waals surface area contributed by atoms with Crippen LogP contribution in [-0.2, 0) is 9.47 Å². The summed E-state index contributed by atoms with van der Waals surface area (Å²) in [5, 5.41) is 13.3. The predicted molar refractivity (Wildman–Crippen MR) is 75.2 cm³/mol. The van der Waals surface area contributed by atoms with Crippen LogP contribution >= 0.6 is 0 Å². The summed E-state index contributed by atoms with van der Waals surface area (Å²) in [5.41, 5.74) is -0.136. The second-order valence-electron chi connectivity index (χ2n) is 6.52. The van der Waals surface area contributed by atoms with Crippen LogP contribution < -0.4 is 5.32 Å². The van der Waals surface area contributed by atoms with Gasteiger partial charge in [0.2, 0.25) is 0 Å². The third kappa shape index (κ3) is 4.42. The van der Waals surface area contributed by atoms with E-state index in [2.05, 4.69) is 19.2 Å². The fourth-order valence-electron chi connectivity index (χ4n) is 3.37. The van der Waals surface area contributed by atoms with Crippen molar-refractivity contribution in [1.29, 1.82) is 0 Å². The number of ether oxygens (including phenoxy) is 2. The van der Waals surface area contributed by atoms with Gasteiger partial charge in [0.15, 0.2) is 0 Å². The van der Waals surface area contributed by atoms with Crippen molar-refractivity contribution in [2.75, 3.05) is 26.4 Å². The second-order valence-corrected chi connectivity index (χ2v) is 6.52. The van der Waals surface area contributed by atoms with Gasteiger partial charge in [0.05, 0.1) is 25.9 Å². The zero-order valence-corrected chi connectivity index (χ0v) is 12.4. The maximum absolute atomic E-state index is 9.75. The van der Waals surface area contributed by atoms with E-state index in [9.17, 15) is 5.11 Å². The molecule has 0 amide bonds. The predicted octanol–water partition coefficient (Wildman–Crippen LogP) is 1.71. The van der Waals surface area contributed by atoms with Gasteiger partial charge in [-0.05, 0) is 32.1 Å². The van der Waals surface area contributed by atoms with E-state index in [1.54, 1.807) is 0 Å². The summed E-state index contributed by atoms with van der Waals surface area (Å²) in [6, 6.07) is 0.397. The minimum Gasteiger partial charge on any atom is -0.394 e. The highest BCUT2D eigenvalue weighted by Gasteiger charge is 2.36. The van der Waals surface area contributed by atoms with Crippen LogP contribution in [-0.4, -0.2) is 49.2 Å². The van der Waals surface area contributed by atoms with E-state index >= 15 is 0 Å². The largest absolute Gasteiger partial charge is 0.394 e. The van der Waals surface area contributed by atoms with Gasteiger partial charge in [0.25, 0.3) is 0 Å². The molecule has 2 rings (SSSR count). The highest BCUT2D eigenvalue weighted by molar-refractivity contribution is 4.95. The van der Waals surface area contributed by atoms with Crippen LogP contribution in [0.15, 0.2) is 0 Å². The molecule has 0 aromatic rings. The first-order valence-electron chi connectivity index (χ1n) is 7.71. The zero-order valence-electron chi connectivity index (χ0n) is 12.4. The van der Waals surface area contributed by atoms with Crippen LogP contribution in [0.3, 0.4) is 0 Å². The number of hydrogen-bond donors (Lipinski definition) is 2. The highest BCUT2D eigenvalue weighted by Crippen LogP contribution is 2.31. The van der Waals surface area contributed by atoms with Crippen molar-refractivity contribution >= 4 is 0 Å². The summed E-state index contributed by atoms with van der Waals surface area (Å²) < 4.78 is 11.5. The molecule has 1 saturated carbocycles. The van der Waals surface area contributed by atoms with Gasteiger partial charge < -0.3 is 19.9 Å². The Kier molecular flexibility index (Phi) is 5.63. The number of hydrogen-bond acceptors (Lipinski definition) is 4. The monoisotopic (exact) mass is 271 g/mol. The van der Waals surface area contributed by atoms with Crippen molar-refractivity contribution in [1.82, 2.24) is 5.32 Å². The molecule has 112 valence electrons. The van der Waals surface area contributed by atoms with Gasteiger partial charge >= 0.3 is 0 Å². The smallest absolute Gasteiger partial charge is 0.0614 e. The summed E-state index contributed by atoms with van der Waals surface area (Å²) >= 11 is 0. The molecular weight excluding hydrogens is 242 g/mol. The lowest BCUT2D eigenvalue weighted by atomic mass is 9.80. The first kappa shape index (κ1) is 15.2. The molecule has 3 atom stereocenters. The Bertz CT molecular complexity index is 266. The molecular formula is C15H29NO3. The molecule has 19 heavy (non-hydrogen) atoms. The van der Waals surface area contributed by atoms with Gasteiger partial charge in [0.1, 0.15) is 0 Å². The van der Waals surface area contributed by atoms with Gasteiger partial charge in [0, 0.05) is 24.1 Å². The van der Waals surface area contributed by atoms with E-state index in [0.29, 0.717) is 12.0 Å². The zero-order chi connectivity index (χ0) is 13.7. The fourth-order valence-corrected chi connectivity index (χ4v) is 3.37. The molecule has 1 saturated heterocycles. The molecule has 1 aliphatic carbocycles. The van der Waals surface area contributed by atoms with Crippen LogP contribution in [0.1, 0.15) is 46.0 Å². The first-order valence-corrected chi connectivity index (χ1v) is 7.71. The maximum atomic E-state index is 9.75. The van der Waals surface area contributed by atoms with Crippen molar-refractivity contribution in [3.63, 3.8) is 0 Å². The third-order valence-electron chi connectivity index (χ3n) is 4.29. The Balaban J connectivity index is 1.81. The molecule has 4 heteroatoms. The Morgan fingerprint density at radius 3 is 2.89 bits per heavy atom. The van der Waals surface area contributed by atoms with Crippen molar-refractivity contribution in [3.8, 4) is 0 Å². The van der Waals surface area contributed by atoms with Crippen molar-refractivity contribution in [3.05, 3.63) is 0 Å². The van der Waals surface area contributed by atoms with E-state index < -0.39 is 0 Å². The van der Waals surface area contributed by atoms with Gasteiger partial charge in [-0.15, -0.1) is 0 Å². The van der Waals surface area contributed by atoms with Crippen molar-refractivity contribution in [2.24, 2.45) is 5.92 Å². The third-order valence-corrected chi connectivity index (χ3v) is 4.29. The standard InChI is InChI=1S/C15H29NO3/c1-12(2)16-15(11-17)6-3-4-14(8-15)19-10-13-5-7-18-9-13/h12-14,16-17H,3-11H2,1-2H3. The number of aliphatic hydroxyl groups is 1. The lowest BCUT2D eigenvalue weighted by Gasteiger charge is -2.42. The second kappa shape index (κ2) is 7.02. The van der Waals surface area contributed by atoms with Crippen LogP contribution in [0.2, 0.25) is 0 Å². The SMILES string of the molecule is CC(C)NC1(CO)CCCC(OCC2CCOC2)C1. The van der Waals surface area contributed by atoms with Crippen LogP contribution in [0.25, 0.3) is 0 Å². The number of nitrogens with one attached hydrogen (secondary N) is 1. The molecule has 0 aromatic heterocycles. The molecule has 0 spiro atoms. The van der Waals surface area contributed by atoms with Gasteiger partial charge in [-0.3, -0.25) is 0 Å². The Morgan fingerprint density at radius 1 is 1.42 bits per heavy atom. The molecule has 2 N–H and O–H groups in total. The molecule has 2 fully saturated rings. The summed E-state index contributed by atoms with van der Waals surface area (Å²) in [6.07, 6.45) is 5.64. The lowest BCUT2D eigenvalue weighted by molar-refractivity contribution is -0.0313. The highest BCUT2D eigenvalue weighted by atomic mass is 16.5. The Hall–Kier alpha value is -0.160. The molecule has 1 aliphatic heterocycles. The molecule has 4 nitrogen and oxygen atoms in total. The first-order chi connectivity index (χ1) is 9.13. The quantitative estimate of drug-likeness (QED) is 0.772. The normalized spacial score (nSPS) is 36.0. The van der Waals surface area contributed by atoms with E-state index in [-0.39, 0.29) is 18.2 Å². The molecule has 1 heterocycles. The van der Waals surface area contributed by atoms with Crippen LogP contribution in [0.4, 0.5) is 0 Å². The average molecular weight is 271 g/mol. The number of rotatable bonds is 6. The Labute approximate surface area is 116 Å². The summed E-state index contributed by atoms with van der Waals surface area (Å²) in [7, 11) is 0. The van der Waals surface area contributed by atoms with Crippen LogP contribution in [0, 0.1) is 5.92 Å². The van der Waals surface area contributed by atoms with Crippen LogP contribution in [0.5, 0.6) is 0 Å². The van der Waals surface area contributed by atoms with E-state index in [0.717, 1.165) is 51.9 Å². The van der Waals surface area contributed by atoms with Gasteiger partial charge in [-0.2, -0.15) is 0 Å². The van der Waals surface area contributed by atoms with E-state index in [4.69, 9.17) is 9.47 Å². The minimum atomic E-state index is -0.136. The number of aliphatic hydroxyl groups excluding tert-OH is 1. The summed E-state index contributed by atoms with van der Waals surface area (Å²) in [6.45, 7) is 7.03. The summed E-state index contributed by atoms with van der Waals surface area (Å²) in [4.78, 5) is 0. The van der Waals surface area contributed by atoms with Crippen molar-refractivity contribution < 1.29 is 14.6 Å². The topological polar surface area (TPSA) is 50.7 Å². The van der Waals surface area contributed by atoms with Gasteiger partial charge in [-0.25, -0.2) is 0 Å². The molecule has 0 bridgehead atoms. The molecule has 0 radical (unpaired) electrons. The molecule has 2 aliphatic rings. The minimum absolute atomic E-state index is 0.136. The maximum Gasteiger partial charge on any atom is 0.0614 e. The summed E-state index contributed by atoms with van der Waals surface area (Å²) in [5.74, 6) is 0.573. The van der Waals surface area contributed by atoms with E-state index in [1.165, 1.54) is 0 Å². The Morgan fingerprint density at radius 2 is 2.26 bits per heavy atom. The molecule has 0 aromatic carbocycles. The van der Waals surface area contributed by atoms with E-state index in [1.807, 2.05) is 0 Å². The molecule has 3 unspecified atom stereocenters. The van der Waals surface area contributed by atoms with Crippen molar-refractivity contribution in [2.45, 2.75) is 63.6 Å². The lowest BCUT2D eigenvalue weighted by Crippen LogP contribution is -2.55.